The number of aliphatic imine (C=N–C) groups is 1. The highest BCUT2D eigenvalue weighted by Gasteiger charge is 2.27. The van der Waals surface area contributed by atoms with Crippen molar-refractivity contribution in [3.8, 4) is 5.75 Å². The summed E-state index contributed by atoms with van der Waals surface area (Å²) in [6.45, 7) is 7.02. The van der Waals surface area contributed by atoms with Crippen LogP contribution < -0.4 is 9.64 Å². The summed E-state index contributed by atoms with van der Waals surface area (Å²) >= 11 is 0. The first-order valence-corrected chi connectivity index (χ1v) is 9.60. The zero-order valence-corrected chi connectivity index (χ0v) is 16.4. The van der Waals surface area contributed by atoms with E-state index in [0.29, 0.717) is 29.5 Å². The molecule has 5 rings (SSSR count). The van der Waals surface area contributed by atoms with Gasteiger partial charge in [0.2, 0.25) is 0 Å². The molecule has 0 spiro atoms. The second-order valence-electron chi connectivity index (χ2n) is 7.46. The van der Waals surface area contributed by atoms with Crippen molar-refractivity contribution < 1.29 is 13.5 Å². The molecule has 2 aromatic heterocycles. The van der Waals surface area contributed by atoms with Gasteiger partial charge in [0.1, 0.15) is 23.6 Å². The molecule has 0 amide bonds. The van der Waals surface area contributed by atoms with E-state index in [0.717, 1.165) is 35.8 Å². The van der Waals surface area contributed by atoms with Gasteiger partial charge in [0.25, 0.3) is 0 Å². The molecule has 0 atom stereocenters. The summed E-state index contributed by atoms with van der Waals surface area (Å²) in [5, 5.41) is 0. The highest BCUT2D eigenvalue weighted by molar-refractivity contribution is 6.21. The molecule has 0 N–H and O–H groups in total. The van der Waals surface area contributed by atoms with E-state index >= 15 is 0 Å². The number of rotatable bonds is 4. The monoisotopic (exact) mass is 393 g/mol. The number of fused-ring (bicyclic) bond motifs is 2. The highest BCUT2D eigenvalue weighted by atomic mass is 19.1. The van der Waals surface area contributed by atoms with Gasteiger partial charge in [0, 0.05) is 37.6 Å². The minimum absolute atomic E-state index is 0.113. The summed E-state index contributed by atoms with van der Waals surface area (Å²) in [5.41, 5.74) is 3.80. The number of aryl methyl sites for hydroxylation is 1. The number of hydrogen-bond acceptors (Lipinski definition) is 7. The lowest BCUT2D eigenvalue weighted by Gasteiger charge is -2.27. The van der Waals surface area contributed by atoms with Crippen LogP contribution in [0.15, 0.2) is 33.9 Å². The van der Waals surface area contributed by atoms with E-state index in [1.54, 1.807) is 6.07 Å². The zero-order valence-electron chi connectivity index (χ0n) is 16.4. The van der Waals surface area contributed by atoms with Crippen molar-refractivity contribution in [3.63, 3.8) is 0 Å². The molecular formula is C21H20FN5O2. The SMILES string of the molecule is Cc1nc2c(o1)CCN(c1cc(C3=Nc4cc(F)c(OC(C)C)cc43)ncn1)C2. The Labute approximate surface area is 167 Å². The quantitative estimate of drug-likeness (QED) is 0.526. The summed E-state index contributed by atoms with van der Waals surface area (Å²) in [6, 6.07) is 5.00. The maximum atomic E-state index is 14.1. The van der Waals surface area contributed by atoms with Gasteiger partial charge in [-0.2, -0.15) is 0 Å². The van der Waals surface area contributed by atoms with Gasteiger partial charge in [-0.25, -0.2) is 24.3 Å². The largest absolute Gasteiger partial charge is 0.488 e. The summed E-state index contributed by atoms with van der Waals surface area (Å²) in [4.78, 5) is 19.9. The first-order valence-electron chi connectivity index (χ1n) is 9.60. The molecule has 29 heavy (non-hydrogen) atoms. The van der Waals surface area contributed by atoms with Gasteiger partial charge in [-0.05, 0) is 19.9 Å². The third-order valence-corrected chi connectivity index (χ3v) is 4.95. The molecule has 0 saturated carbocycles. The maximum absolute atomic E-state index is 14.1. The molecule has 0 radical (unpaired) electrons. The number of halogens is 1. The van der Waals surface area contributed by atoms with Crippen LogP contribution in [0.2, 0.25) is 0 Å². The molecule has 3 aromatic rings. The Morgan fingerprint density at radius 2 is 2.07 bits per heavy atom. The van der Waals surface area contributed by atoms with Crippen LogP contribution in [0.4, 0.5) is 15.9 Å². The number of oxazole rings is 1. The molecule has 1 aromatic carbocycles. The van der Waals surface area contributed by atoms with Crippen molar-refractivity contribution in [1.82, 2.24) is 15.0 Å². The van der Waals surface area contributed by atoms with Crippen LogP contribution in [-0.4, -0.2) is 33.3 Å². The topological polar surface area (TPSA) is 76.6 Å². The molecule has 7 nitrogen and oxygen atoms in total. The predicted molar refractivity (Wildman–Crippen MR) is 105 cm³/mol. The van der Waals surface area contributed by atoms with Crippen LogP contribution in [0.3, 0.4) is 0 Å². The van der Waals surface area contributed by atoms with Crippen LogP contribution in [-0.2, 0) is 13.0 Å². The molecule has 0 bridgehead atoms. The Bertz CT molecular complexity index is 1140. The van der Waals surface area contributed by atoms with E-state index < -0.39 is 5.82 Å². The lowest BCUT2D eigenvalue weighted by molar-refractivity contribution is 0.231. The number of ether oxygens (including phenoxy) is 1. The van der Waals surface area contributed by atoms with E-state index in [2.05, 4.69) is 24.8 Å². The van der Waals surface area contributed by atoms with Gasteiger partial charge >= 0.3 is 0 Å². The minimum atomic E-state index is -0.407. The third kappa shape index (κ3) is 3.14. The average molecular weight is 393 g/mol. The van der Waals surface area contributed by atoms with Crippen molar-refractivity contribution in [1.29, 1.82) is 0 Å². The molecule has 0 aliphatic carbocycles. The van der Waals surface area contributed by atoms with Crippen molar-refractivity contribution in [3.05, 3.63) is 58.9 Å². The lowest BCUT2D eigenvalue weighted by atomic mass is 9.98. The second kappa shape index (κ2) is 6.65. The van der Waals surface area contributed by atoms with Crippen LogP contribution >= 0.6 is 0 Å². The number of nitrogens with zero attached hydrogens (tertiary/aromatic N) is 5. The Kier molecular flexibility index (Phi) is 4.08. The third-order valence-electron chi connectivity index (χ3n) is 4.95. The number of anilines is 1. The van der Waals surface area contributed by atoms with E-state index in [-0.39, 0.29) is 11.9 Å². The van der Waals surface area contributed by atoms with Crippen LogP contribution in [0.5, 0.6) is 5.75 Å². The standard InChI is InChI=1S/C21H20FN5O2/c1-11(2)28-19-6-13-15(7-14(19)22)26-21(13)16-8-20(24-10-23-16)27-5-4-18-17(9-27)25-12(3)29-18/h6-8,10-11H,4-5,9H2,1-3H3. The van der Waals surface area contributed by atoms with E-state index in [4.69, 9.17) is 9.15 Å². The fourth-order valence-electron chi connectivity index (χ4n) is 3.66. The number of aromatic nitrogens is 3. The first kappa shape index (κ1) is 17.8. The minimum Gasteiger partial charge on any atom is -0.488 e. The van der Waals surface area contributed by atoms with Crippen molar-refractivity contribution in [2.24, 2.45) is 4.99 Å². The molecule has 8 heteroatoms. The predicted octanol–water partition coefficient (Wildman–Crippen LogP) is 3.74. The van der Waals surface area contributed by atoms with E-state index in [1.807, 2.05) is 26.8 Å². The summed E-state index contributed by atoms with van der Waals surface area (Å²) in [6.07, 6.45) is 2.20. The molecule has 2 aliphatic heterocycles. The molecule has 0 unspecified atom stereocenters. The van der Waals surface area contributed by atoms with Gasteiger partial charge in [-0.3, -0.25) is 0 Å². The molecular weight excluding hydrogens is 373 g/mol. The zero-order chi connectivity index (χ0) is 20.1. The first-order chi connectivity index (χ1) is 14.0. The van der Waals surface area contributed by atoms with E-state index in [9.17, 15) is 4.39 Å². The fraction of sp³-hybridized carbons (Fsp3) is 0.333. The van der Waals surface area contributed by atoms with Gasteiger partial charge in [-0.1, -0.05) is 0 Å². The summed E-state index contributed by atoms with van der Waals surface area (Å²) < 4.78 is 25.3. The average Bonchev–Trinajstić information content (AvgIpc) is 3.05. The molecule has 0 fully saturated rings. The Morgan fingerprint density at radius 3 is 2.90 bits per heavy atom. The van der Waals surface area contributed by atoms with Crippen molar-refractivity contribution >= 4 is 17.2 Å². The van der Waals surface area contributed by atoms with Gasteiger partial charge in [0.15, 0.2) is 17.5 Å². The summed E-state index contributed by atoms with van der Waals surface area (Å²) in [5.74, 6) is 2.26. The molecule has 148 valence electrons. The van der Waals surface area contributed by atoms with Crippen LogP contribution in [0.1, 0.15) is 42.4 Å². The maximum Gasteiger partial charge on any atom is 0.191 e. The van der Waals surface area contributed by atoms with Crippen molar-refractivity contribution in [2.75, 3.05) is 11.4 Å². The van der Waals surface area contributed by atoms with Gasteiger partial charge in [0.05, 0.1) is 29.7 Å². The second-order valence-corrected chi connectivity index (χ2v) is 7.46. The lowest BCUT2D eigenvalue weighted by Crippen LogP contribution is -2.31. The number of benzene rings is 1. The van der Waals surface area contributed by atoms with Crippen LogP contribution in [0.25, 0.3) is 0 Å². The smallest absolute Gasteiger partial charge is 0.191 e. The Hall–Kier alpha value is -3.29. The van der Waals surface area contributed by atoms with Crippen LogP contribution in [0, 0.1) is 12.7 Å². The molecule has 0 saturated heterocycles. The number of hydrogen-bond donors (Lipinski definition) is 0. The van der Waals surface area contributed by atoms with Crippen molar-refractivity contribution in [2.45, 2.75) is 39.8 Å². The van der Waals surface area contributed by atoms with Gasteiger partial charge < -0.3 is 14.1 Å². The summed E-state index contributed by atoms with van der Waals surface area (Å²) in [7, 11) is 0. The molecule has 4 heterocycles. The fourth-order valence-corrected chi connectivity index (χ4v) is 3.66. The molecule has 2 aliphatic rings. The normalized spacial score (nSPS) is 14.9. The van der Waals surface area contributed by atoms with E-state index in [1.165, 1.54) is 12.4 Å². The highest BCUT2D eigenvalue weighted by Crippen LogP contribution is 2.37. The Balaban J connectivity index is 1.42. The Morgan fingerprint density at radius 1 is 1.21 bits per heavy atom. The van der Waals surface area contributed by atoms with Gasteiger partial charge in [-0.15, -0.1) is 0 Å².